The fourth-order valence-electron chi connectivity index (χ4n) is 3.83. The molecular formula is C24H31N3O2. The van der Waals surface area contributed by atoms with Crippen LogP contribution in [0.15, 0.2) is 42.5 Å². The summed E-state index contributed by atoms with van der Waals surface area (Å²) >= 11 is 0. The van der Waals surface area contributed by atoms with Crippen molar-refractivity contribution in [2.24, 2.45) is 0 Å². The van der Waals surface area contributed by atoms with Crippen LogP contribution in [0, 0.1) is 20.8 Å². The number of nitrogens with zero attached hydrogens (tertiary/aromatic N) is 3. The summed E-state index contributed by atoms with van der Waals surface area (Å²) in [7, 11) is 0. The van der Waals surface area contributed by atoms with E-state index in [1.807, 2.05) is 36.1 Å². The third-order valence-electron chi connectivity index (χ3n) is 5.82. The van der Waals surface area contributed by atoms with Crippen LogP contribution in [0.2, 0.25) is 0 Å². The summed E-state index contributed by atoms with van der Waals surface area (Å²) < 4.78 is 0. The highest BCUT2D eigenvalue weighted by Crippen LogP contribution is 2.24. The Morgan fingerprint density at radius 1 is 0.931 bits per heavy atom. The van der Waals surface area contributed by atoms with Crippen molar-refractivity contribution in [1.29, 1.82) is 0 Å². The Morgan fingerprint density at radius 3 is 2.21 bits per heavy atom. The first-order chi connectivity index (χ1) is 13.9. The van der Waals surface area contributed by atoms with Crippen LogP contribution in [-0.2, 0) is 9.59 Å². The van der Waals surface area contributed by atoms with Crippen LogP contribution >= 0.6 is 0 Å². The maximum Gasteiger partial charge on any atom is 0.224 e. The van der Waals surface area contributed by atoms with Gasteiger partial charge in [-0.3, -0.25) is 9.59 Å². The van der Waals surface area contributed by atoms with Crippen LogP contribution in [0.3, 0.4) is 0 Å². The quantitative estimate of drug-likeness (QED) is 0.778. The van der Waals surface area contributed by atoms with Crippen molar-refractivity contribution in [3.63, 3.8) is 0 Å². The standard InChI is InChI=1S/C24H31N3O2/c1-18-8-10-22(11-9-18)27(21(4)28)13-12-24(29)26-16-14-25(15-17-26)23-7-5-6-19(2)20(23)3/h5-11H,12-17H2,1-4H3. The predicted octanol–water partition coefficient (Wildman–Crippen LogP) is 3.70. The summed E-state index contributed by atoms with van der Waals surface area (Å²) in [5.74, 6) is 0.0744. The number of carbonyl (C=O) groups is 2. The molecule has 1 fully saturated rings. The first-order valence-corrected chi connectivity index (χ1v) is 10.3. The second-order valence-corrected chi connectivity index (χ2v) is 7.84. The average Bonchev–Trinajstić information content (AvgIpc) is 2.71. The fourth-order valence-corrected chi connectivity index (χ4v) is 3.83. The second-order valence-electron chi connectivity index (χ2n) is 7.84. The van der Waals surface area contributed by atoms with Gasteiger partial charge in [-0.2, -0.15) is 0 Å². The SMILES string of the molecule is CC(=O)N(CCC(=O)N1CCN(c2cccc(C)c2C)CC1)c1ccc(C)cc1. The predicted molar refractivity (Wildman–Crippen MR) is 119 cm³/mol. The zero-order valence-electron chi connectivity index (χ0n) is 17.9. The summed E-state index contributed by atoms with van der Waals surface area (Å²) in [5.41, 5.74) is 5.86. The molecule has 1 heterocycles. The Bertz CT molecular complexity index is 868. The van der Waals surface area contributed by atoms with E-state index >= 15 is 0 Å². The summed E-state index contributed by atoms with van der Waals surface area (Å²) in [6.07, 6.45) is 0.344. The van der Waals surface area contributed by atoms with Gasteiger partial charge in [0.25, 0.3) is 0 Å². The molecular weight excluding hydrogens is 362 g/mol. The molecule has 0 unspecified atom stereocenters. The molecule has 5 nitrogen and oxygen atoms in total. The van der Waals surface area contributed by atoms with Crippen molar-refractivity contribution >= 4 is 23.2 Å². The number of hydrogen-bond donors (Lipinski definition) is 0. The van der Waals surface area contributed by atoms with Gasteiger partial charge in [-0.15, -0.1) is 0 Å². The lowest BCUT2D eigenvalue weighted by Crippen LogP contribution is -2.49. The highest BCUT2D eigenvalue weighted by molar-refractivity contribution is 5.92. The van der Waals surface area contributed by atoms with E-state index in [4.69, 9.17) is 0 Å². The average molecular weight is 394 g/mol. The Hall–Kier alpha value is -2.82. The largest absolute Gasteiger partial charge is 0.368 e. The zero-order chi connectivity index (χ0) is 21.0. The maximum atomic E-state index is 12.7. The highest BCUT2D eigenvalue weighted by atomic mass is 16.2. The molecule has 2 aromatic rings. The van der Waals surface area contributed by atoms with Crippen LogP contribution < -0.4 is 9.80 Å². The van der Waals surface area contributed by atoms with Crippen molar-refractivity contribution in [2.75, 3.05) is 42.5 Å². The maximum absolute atomic E-state index is 12.7. The Balaban J connectivity index is 1.56. The second kappa shape index (κ2) is 9.12. The van der Waals surface area contributed by atoms with E-state index in [-0.39, 0.29) is 11.8 Å². The lowest BCUT2D eigenvalue weighted by Gasteiger charge is -2.37. The third-order valence-corrected chi connectivity index (χ3v) is 5.82. The molecule has 0 atom stereocenters. The first-order valence-electron chi connectivity index (χ1n) is 10.3. The van der Waals surface area contributed by atoms with E-state index in [1.54, 1.807) is 11.8 Å². The van der Waals surface area contributed by atoms with Gasteiger partial charge in [0, 0.05) is 57.4 Å². The number of piperazine rings is 1. The van der Waals surface area contributed by atoms with Crippen molar-refractivity contribution in [2.45, 2.75) is 34.1 Å². The number of rotatable bonds is 5. The third kappa shape index (κ3) is 4.97. The topological polar surface area (TPSA) is 43.9 Å². The van der Waals surface area contributed by atoms with Gasteiger partial charge >= 0.3 is 0 Å². The van der Waals surface area contributed by atoms with E-state index < -0.39 is 0 Å². The monoisotopic (exact) mass is 393 g/mol. The van der Waals surface area contributed by atoms with Crippen molar-refractivity contribution in [3.8, 4) is 0 Å². The number of benzene rings is 2. The van der Waals surface area contributed by atoms with E-state index in [9.17, 15) is 9.59 Å². The van der Waals surface area contributed by atoms with E-state index in [0.29, 0.717) is 13.0 Å². The normalized spacial score (nSPS) is 14.1. The molecule has 154 valence electrons. The van der Waals surface area contributed by atoms with Crippen LogP contribution in [0.1, 0.15) is 30.0 Å². The van der Waals surface area contributed by atoms with Crippen LogP contribution in [0.4, 0.5) is 11.4 Å². The minimum atomic E-state index is -0.0404. The minimum Gasteiger partial charge on any atom is -0.368 e. The van der Waals surface area contributed by atoms with Gasteiger partial charge in [0.1, 0.15) is 0 Å². The van der Waals surface area contributed by atoms with Crippen LogP contribution in [0.25, 0.3) is 0 Å². The molecule has 0 radical (unpaired) electrons. The van der Waals surface area contributed by atoms with Crippen LogP contribution in [0.5, 0.6) is 0 Å². The Morgan fingerprint density at radius 2 is 1.59 bits per heavy atom. The van der Waals surface area contributed by atoms with E-state index in [0.717, 1.165) is 37.4 Å². The number of anilines is 2. The summed E-state index contributed by atoms with van der Waals surface area (Å²) in [6, 6.07) is 14.2. The lowest BCUT2D eigenvalue weighted by molar-refractivity contribution is -0.131. The van der Waals surface area contributed by atoms with E-state index in [2.05, 4.69) is 36.9 Å². The molecule has 0 saturated carbocycles. The molecule has 1 aliphatic heterocycles. The van der Waals surface area contributed by atoms with Crippen LogP contribution in [-0.4, -0.2) is 49.4 Å². The molecule has 0 bridgehead atoms. The number of aryl methyl sites for hydroxylation is 2. The highest BCUT2D eigenvalue weighted by Gasteiger charge is 2.23. The van der Waals surface area contributed by atoms with Gasteiger partial charge in [-0.25, -0.2) is 0 Å². The van der Waals surface area contributed by atoms with Gasteiger partial charge in [0.2, 0.25) is 11.8 Å². The molecule has 5 heteroatoms. The van der Waals surface area contributed by atoms with E-state index in [1.165, 1.54) is 16.8 Å². The zero-order valence-corrected chi connectivity index (χ0v) is 17.9. The Labute approximate surface area is 173 Å². The molecule has 0 spiro atoms. The molecule has 1 saturated heterocycles. The Kier molecular flexibility index (Phi) is 6.57. The molecule has 0 aliphatic carbocycles. The first kappa shape index (κ1) is 20.9. The molecule has 2 aromatic carbocycles. The fraction of sp³-hybridized carbons (Fsp3) is 0.417. The number of hydrogen-bond acceptors (Lipinski definition) is 3. The molecule has 3 rings (SSSR count). The summed E-state index contributed by atoms with van der Waals surface area (Å²) in [6.45, 7) is 11.4. The number of carbonyl (C=O) groups excluding carboxylic acids is 2. The molecule has 29 heavy (non-hydrogen) atoms. The number of amides is 2. The van der Waals surface area contributed by atoms with Gasteiger partial charge in [-0.05, 0) is 50.1 Å². The lowest BCUT2D eigenvalue weighted by atomic mass is 10.1. The smallest absolute Gasteiger partial charge is 0.224 e. The van der Waals surface area contributed by atoms with Gasteiger partial charge < -0.3 is 14.7 Å². The van der Waals surface area contributed by atoms with Crippen molar-refractivity contribution in [3.05, 3.63) is 59.2 Å². The summed E-state index contributed by atoms with van der Waals surface area (Å²) in [4.78, 5) is 30.8. The molecule has 0 aromatic heterocycles. The van der Waals surface area contributed by atoms with Crippen molar-refractivity contribution < 1.29 is 9.59 Å². The van der Waals surface area contributed by atoms with Gasteiger partial charge in [-0.1, -0.05) is 29.8 Å². The molecule has 0 N–H and O–H groups in total. The minimum absolute atomic E-state index is 0.0404. The molecule has 2 amide bonds. The van der Waals surface area contributed by atoms with Crippen molar-refractivity contribution in [1.82, 2.24) is 4.90 Å². The van der Waals surface area contributed by atoms with Gasteiger partial charge in [0.05, 0.1) is 0 Å². The summed E-state index contributed by atoms with van der Waals surface area (Å²) in [5, 5.41) is 0. The molecule has 1 aliphatic rings. The van der Waals surface area contributed by atoms with Gasteiger partial charge in [0.15, 0.2) is 0 Å².